The third-order valence-corrected chi connectivity index (χ3v) is 6.34. The van der Waals surface area contributed by atoms with Gasteiger partial charge in [0.1, 0.15) is 21.9 Å². The van der Waals surface area contributed by atoms with Gasteiger partial charge in [0.2, 0.25) is 0 Å². The Morgan fingerprint density at radius 3 is 2.68 bits per heavy atom. The van der Waals surface area contributed by atoms with E-state index in [-0.39, 0.29) is 5.97 Å². The first-order valence-electron chi connectivity index (χ1n) is 9.25. The topological polar surface area (TPSA) is 58.6 Å². The predicted octanol–water partition coefficient (Wildman–Crippen LogP) is 4.16. The Morgan fingerprint density at radius 2 is 1.96 bits per heavy atom. The fraction of sp³-hybridized carbons (Fsp3) is 0.350. The molecule has 0 spiro atoms. The molecule has 0 N–H and O–H groups in total. The molecule has 2 aromatic heterocycles. The first-order valence-corrected chi connectivity index (χ1v) is 10.4. The van der Waals surface area contributed by atoms with Gasteiger partial charge in [-0.3, -0.25) is 0 Å². The lowest BCUT2D eigenvalue weighted by Crippen LogP contribution is -2.46. The molecule has 0 saturated carbocycles. The van der Waals surface area contributed by atoms with Crippen LogP contribution in [0.3, 0.4) is 0 Å². The Hall–Kier alpha value is -2.38. The summed E-state index contributed by atoms with van der Waals surface area (Å²) in [7, 11) is 0. The molecule has 1 saturated heterocycles. The summed E-state index contributed by atoms with van der Waals surface area (Å²) in [5.74, 6) is 0.597. The summed E-state index contributed by atoms with van der Waals surface area (Å²) >= 11 is 7.50. The molecule has 28 heavy (non-hydrogen) atoms. The van der Waals surface area contributed by atoms with Crippen molar-refractivity contribution < 1.29 is 9.53 Å². The van der Waals surface area contributed by atoms with Crippen molar-refractivity contribution in [3.63, 3.8) is 0 Å². The molecule has 0 amide bonds. The zero-order chi connectivity index (χ0) is 19.7. The maximum Gasteiger partial charge on any atom is 0.348 e. The van der Waals surface area contributed by atoms with Gasteiger partial charge in [-0.05, 0) is 37.6 Å². The highest BCUT2D eigenvalue weighted by molar-refractivity contribution is 7.20. The average molecular weight is 417 g/mol. The average Bonchev–Trinajstić information content (AvgIpc) is 3.05. The highest BCUT2D eigenvalue weighted by atomic mass is 35.5. The van der Waals surface area contributed by atoms with Gasteiger partial charge in [-0.15, -0.1) is 11.3 Å². The van der Waals surface area contributed by atoms with Crippen LogP contribution < -0.4 is 9.80 Å². The Labute approximate surface area is 172 Å². The Balaban J connectivity index is 1.59. The Kier molecular flexibility index (Phi) is 5.37. The predicted molar refractivity (Wildman–Crippen MR) is 114 cm³/mol. The molecule has 6 nitrogen and oxygen atoms in total. The molecular weight excluding hydrogens is 396 g/mol. The van der Waals surface area contributed by atoms with Crippen LogP contribution in [0.1, 0.15) is 22.2 Å². The molecule has 1 fully saturated rings. The summed E-state index contributed by atoms with van der Waals surface area (Å²) in [6, 6.07) is 7.94. The van der Waals surface area contributed by atoms with Gasteiger partial charge >= 0.3 is 5.97 Å². The normalized spacial score (nSPS) is 14.5. The number of aryl methyl sites for hydroxylation is 1. The van der Waals surface area contributed by atoms with Crippen LogP contribution >= 0.6 is 22.9 Å². The van der Waals surface area contributed by atoms with E-state index in [1.54, 1.807) is 6.33 Å². The van der Waals surface area contributed by atoms with Crippen molar-refractivity contribution >= 4 is 50.6 Å². The van der Waals surface area contributed by atoms with E-state index in [1.807, 2.05) is 32.0 Å². The Bertz CT molecular complexity index is 1010. The van der Waals surface area contributed by atoms with Gasteiger partial charge in [0.05, 0.1) is 12.0 Å². The number of hydrogen-bond donors (Lipinski definition) is 0. The van der Waals surface area contributed by atoms with Crippen molar-refractivity contribution in [2.24, 2.45) is 0 Å². The second-order valence-electron chi connectivity index (χ2n) is 6.61. The first-order chi connectivity index (χ1) is 13.6. The molecule has 3 aromatic rings. The molecule has 3 heterocycles. The van der Waals surface area contributed by atoms with Crippen molar-refractivity contribution in [2.75, 3.05) is 42.6 Å². The lowest BCUT2D eigenvalue weighted by molar-refractivity contribution is 0.0531. The molecule has 0 aliphatic carbocycles. The third-order valence-electron chi connectivity index (χ3n) is 4.92. The van der Waals surface area contributed by atoms with Crippen molar-refractivity contribution in [3.05, 3.63) is 46.1 Å². The first kappa shape index (κ1) is 19.0. The number of anilines is 2. The molecule has 0 unspecified atom stereocenters. The number of esters is 1. The molecule has 8 heteroatoms. The van der Waals surface area contributed by atoms with E-state index in [0.29, 0.717) is 11.5 Å². The SMILES string of the molecule is CCOC(=O)c1sc2ncnc(N3CCN(c4cccc(Cl)c4)CC3)c2c1C. The smallest absolute Gasteiger partial charge is 0.348 e. The lowest BCUT2D eigenvalue weighted by atomic mass is 10.1. The lowest BCUT2D eigenvalue weighted by Gasteiger charge is -2.37. The van der Waals surface area contributed by atoms with Gasteiger partial charge in [-0.1, -0.05) is 17.7 Å². The highest BCUT2D eigenvalue weighted by Gasteiger charge is 2.25. The number of thiophene rings is 1. The number of benzene rings is 1. The second kappa shape index (κ2) is 7.93. The van der Waals surface area contributed by atoms with Crippen molar-refractivity contribution in [3.8, 4) is 0 Å². The standard InChI is InChI=1S/C20H21ClN4O2S/c1-3-27-20(26)17-13(2)16-18(22-12-23-19(16)28-17)25-9-7-24(8-10-25)15-6-4-5-14(21)11-15/h4-6,11-12H,3,7-10H2,1-2H3. The molecule has 0 bridgehead atoms. The van der Waals surface area contributed by atoms with E-state index >= 15 is 0 Å². The number of piperazine rings is 1. The van der Waals surface area contributed by atoms with Crippen LogP contribution in [-0.2, 0) is 4.74 Å². The molecule has 0 radical (unpaired) electrons. The minimum atomic E-state index is -0.292. The molecule has 146 valence electrons. The third kappa shape index (κ3) is 3.52. The molecule has 1 aromatic carbocycles. The summed E-state index contributed by atoms with van der Waals surface area (Å²) in [4.78, 5) is 27.2. The number of aromatic nitrogens is 2. The molecular formula is C20H21ClN4O2S. The van der Waals surface area contributed by atoms with Gasteiger partial charge in [-0.25, -0.2) is 14.8 Å². The minimum Gasteiger partial charge on any atom is -0.462 e. The molecule has 4 rings (SSSR count). The van der Waals surface area contributed by atoms with E-state index in [1.165, 1.54) is 11.3 Å². The quantitative estimate of drug-likeness (QED) is 0.595. The monoisotopic (exact) mass is 416 g/mol. The van der Waals surface area contributed by atoms with Crippen LogP contribution in [-0.4, -0.2) is 48.7 Å². The van der Waals surface area contributed by atoms with Crippen LogP contribution in [0.25, 0.3) is 10.2 Å². The van der Waals surface area contributed by atoms with Gasteiger partial charge in [0, 0.05) is 36.9 Å². The fourth-order valence-electron chi connectivity index (χ4n) is 3.53. The van der Waals surface area contributed by atoms with Gasteiger partial charge < -0.3 is 14.5 Å². The maximum atomic E-state index is 12.3. The minimum absolute atomic E-state index is 0.292. The number of fused-ring (bicyclic) bond motifs is 1. The van der Waals surface area contributed by atoms with E-state index in [2.05, 4.69) is 25.8 Å². The summed E-state index contributed by atoms with van der Waals surface area (Å²) in [6.45, 7) is 7.53. The number of hydrogen-bond acceptors (Lipinski definition) is 7. The van der Waals surface area contributed by atoms with Gasteiger partial charge in [-0.2, -0.15) is 0 Å². The van der Waals surface area contributed by atoms with Gasteiger partial charge in [0.25, 0.3) is 0 Å². The van der Waals surface area contributed by atoms with Crippen LogP contribution in [0.4, 0.5) is 11.5 Å². The van der Waals surface area contributed by atoms with E-state index in [4.69, 9.17) is 16.3 Å². The largest absolute Gasteiger partial charge is 0.462 e. The maximum absolute atomic E-state index is 12.3. The molecule has 0 atom stereocenters. The number of rotatable bonds is 4. The Morgan fingerprint density at radius 1 is 1.21 bits per heavy atom. The second-order valence-corrected chi connectivity index (χ2v) is 8.04. The highest BCUT2D eigenvalue weighted by Crippen LogP contribution is 2.35. The van der Waals surface area contributed by atoms with Crippen LogP contribution in [0.5, 0.6) is 0 Å². The van der Waals surface area contributed by atoms with E-state index in [0.717, 1.165) is 58.5 Å². The summed E-state index contributed by atoms with van der Waals surface area (Å²) < 4.78 is 5.19. The number of ether oxygens (including phenoxy) is 1. The summed E-state index contributed by atoms with van der Waals surface area (Å²) in [5, 5.41) is 1.70. The molecule has 1 aliphatic rings. The zero-order valence-electron chi connectivity index (χ0n) is 15.8. The van der Waals surface area contributed by atoms with Crippen molar-refractivity contribution in [2.45, 2.75) is 13.8 Å². The fourth-order valence-corrected chi connectivity index (χ4v) is 4.75. The van der Waals surface area contributed by atoms with E-state index < -0.39 is 0 Å². The van der Waals surface area contributed by atoms with E-state index in [9.17, 15) is 4.79 Å². The number of carbonyl (C=O) groups excluding carboxylic acids is 1. The molecule has 1 aliphatic heterocycles. The van der Waals surface area contributed by atoms with Gasteiger partial charge in [0.15, 0.2) is 0 Å². The van der Waals surface area contributed by atoms with Crippen LogP contribution in [0.2, 0.25) is 5.02 Å². The van der Waals surface area contributed by atoms with Crippen LogP contribution in [0.15, 0.2) is 30.6 Å². The van der Waals surface area contributed by atoms with Crippen molar-refractivity contribution in [1.82, 2.24) is 9.97 Å². The number of nitrogens with zero attached hydrogens (tertiary/aromatic N) is 4. The summed E-state index contributed by atoms with van der Waals surface area (Å²) in [5.41, 5.74) is 2.03. The van der Waals surface area contributed by atoms with Crippen LogP contribution in [0, 0.1) is 6.92 Å². The number of halogens is 1. The zero-order valence-corrected chi connectivity index (χ0v) is 17.4. The van der Waals surface area contributed by atoms with Crippen molar-refractivity contribution in [1.29, 1.82) is 0 Å². The number of carbonyl (C=O) groups is 1. The summed E-state index contributed by atoms with van der Waals surface area (Å²) in [6.07, 6.45) is 1.58.